The molecule has 0 aliphatic rings. The van der Waals surface area contributed by atoms with Crippen molar-refractivity contribution in [2.24, 2.45) is 5.73 Å². The molecule has 0 saturated carbocycles. The number of hydrogen-bond donors (Lipinski definition) is 1. The lowest BCUT2D eigenvalue weighted by Crippen LogP contribution is -2.13. The Morgan fingerprint density at radius 2 is 2.12 bits per heavy atom. The molecule has 0 heterocycles. The van der Waals surface area contributed by atoms with Gasteiger partial charge in [-0.05, 0) is 30.9 Å². The summed E-state index contributed by atoms with van der Waals surface area (Å²) in [5, 5.41) is 0. The lowest BCUT2D eigenvalue weighted by atomic mass is 10.1. The predicted molar refractivity (Wildman–Crippen MR) is 69.5 cm³/mol. The first-order valence-corrected chi connectivity index (χ1v) is 6.67. The minimum atomic E-state index is 0.0418. The van der Waals surface area contributed by atoms with Gasteiger partial charge in [-0.25, -0.2) is 0 Å². The number of benzene rings is 1. The first kappa shape index (κ1) is 13.2. The summed E-state index contributed by atoms with van der Waals surface area (Å²) in [5.74, 6) is 2.42. The third kappa shape index (κ3) is 3.32. The van der Waals surface area contributed by atoms with Gasteiger partial charge >= 0.3 is 0 Å². The Bertz CT molecular complexity index is 331. The number of nitrogens with two attached hydrogens (primary N) is 1. The second-order valence-corrected chi connectivity index (χ2v) is 4.32. The molecule has 1 atom stereocenters. The summed E-state index contributed by atoms with van der Waals surface area (Å²) in [6.07, 6.45) is 2.05. The summed E-state index contributed by atoms with van der Waals surface area (Å²) >= 11 is 1.74. The molecule has 3 nitrogen and oxygen atoms in total. The monoisotopic (exact) mass is 241 g/mol. The van der Waals surface area contributed by atoms with Crippen LogP contribution >= 0.6 is 11.8 Å². The predicted octanol–water partition coefficient (Wildman–Crippen LogP) is 2.46. The van der Waals surface area contributed by atoms with E-state index in [1.807, 2.05) is 31.4 Å². The summed E-state index contributed by atoms with van der Waals surface area (Å²) < 4.78 is 10.7. The average Bonchev–Trinajstić information content (AvgIpc) is 2.29. The van der Waals surface area contributed by atoms with E-state index < -0.39 is 0 Å². The molecule has 0 fully saturated rings. The number of ether oxygens (including phenoxy) is 2. The van der Waals surface area contributed by atoms with E-state index in [-0.39, 0.29) is 6.04 Å². The first-order chi connectivity index (χ1) is 7.72. The van der Waals surface area contributed by atoms with Crippen LogP contribution in [0.2, 0.25) is 0 Å². The van der Waals surface area contributed by atoms with Gasteiger partial charge in [0.15, 0.2) is 11.5 Å². The quantitative estimate of drug-likeness (QED) is 0.831. The molecule has 1 aromatic carbocycles. The molecule has 0 aliphatic carbocycles. The fourth-order valence-electron chi connectivity index (χ4n) is 1.47. The number of rotatable bonds is 6. The highest BCUT2D eigenvalue weighted by atomic mass is 32.2. The topological polar surface area (TPSA) is 44.5 Å². The van der Waals surface area contributed by atoms with Crippen LogP contribution in [0.1, 0.15) is 18.5 Å². The van der Waals surface area contributed by atoms with Crippen molar-refractivity contribution < 1.29 is 9.47 Å². The summed E-state index contributed by atoms with van der Waals surface area (Å²) in [6.45, 7) is 2.57. The maximum absolute atomic E-state index is 6.04. The molecule has 0 bridgehead atoms. The Morgan fingerprint density at radius 1 is 1.38 bits per heavy atom. The smallest absolute Gasteiger partial charge is 0.161 e. The first-order valence-electron chi connectivity index (χ1n) is 5.28. The van der Waals surface area contributed by atoms with E-state index in [9.17, 15) is 0 Å². The number of thioether (sulfide) groups is 1. The zero-order valence-corrected chi connectivity index (χ0v) is 10.8. The van der Waals surface area contributed by atoms with E-state index in [0.29, 0.717) is 6.61 Å². The van der Waals surface area contributed by atoms with E-state index >= 15 is 0 Å². The molecule has 0 radical (unpaired) electrons. The second-order valence-electron chi connectivity index (χ2n) is 3.41. The van der Waals surface area contributed by atoms with E-state index in [4.69, 9.17) is 15.2 Å². The molecule has 0 saturated heterocycles. The van der Waals surface area contributed by atoms with Crippen LogP contribution in [0, 0.1) is 0 Å². The molecule has 2 N–H and O–H groups in total. The fourth-order valence-corrected chi connectivity index (χ4v) is 2.02. The molecule has 1 rings (SSSR count). The van der Waals surface area contributed by atoms with Crippen LogP contribution in [0.25, 0.3) is 0 Å². The average molecular weight is 241 g/mol. The van der Waals surface area contributed by atoms with Crippen LogP contribution in [-0.4, -0.2) is 25.7 Å². The molecular weight excluding hydrogens is 222 g/mol. The van der Waals surface area contributed by atoms with Gasteiger partial charge in [-0.1, -0.05) is 6.07 Å². The molecule has 0 aromatic heterocycles. The normalized spacial score (nSPS) is 12.2. The van der Waals surface area contributed by atoms with Crippen molar-refractivity contribution in [3.8, 4) is 11.5 Å². The van der Waals surface area contributed by atoms with Gasteiger partial charge in [-0.3, -0.25) is 0 Å². The van der Waals surface area contributed by atoms with E-state index in [2.05, 4.69) is 0 Å². The van der Waals surface area contributed by atoms with E-state index in [1.54, 1.807) is 18.9 Å². The Labute approximate surface area is 101 Å². The van der Waals surface area contributed by atoms with Gasteiger partial charge in [0.05, 0.1) is 13.7 Å². The second kappa shape index (κ2) is 6.66. The molecule has 90 valence electrons. The Kier molecular flexibility index (Phi) is 5.49. The lowest BCUT2D eigenvalue weighted by Gasteiger charge is -2.14. The maximum Gasteiger partial charge on any atom is 0.161 e. The number of methoxy groups -OCH3 is 1. The molecule has 0 spiro atoms. The van der Waals surface area contributed by atoms with Crippen molar-refractivity contribution in [3.63, 3.8) is 0 Å². The molecule has 0 amide bonds. The van der Waals surface area contributed by atoms with E-state index in [0.717, 1.165) is 22.8 Å². The van der Waals surface area contributed by atoms with Crippen LogP contribution in [0.4, 0.5) is 0 Å². The molecule has 4 heteroatoms. The van der Waals surface area contributed by atoms with Gasteiger partial charge in [0.25, 0.3) is 0 Å². The van der Waals surface area contributed by atoms with Crippen molar-refractivity contribution in [2.75, 3.05) is 25.7 Å². The summed E-state index contributed by atoms with van der Waals surface area (Å²) in [5.41, 5.74) is 7.13. The van der Waals surface area contributed by atoms with Crippen molar-refractivity contribution in [1.82, 2.24) is 0 Å². The molecule has 16 heavy (non-hydrogen) atoms. The van der Waals surface area contributed by atoms with Crippen LogP contribution in [0.5, 0.6) is 11.5 Å². The third-order valence-corrected chi connectivity index (χ3v) is 2.95. The van der Waals surface area contributed by atoms with Crippen molar-refractivity contribution in [3.05, 3.63) is 23.8 Å². The van der Waals surface area contributed by atoms with E-state index in [1.165, 1.54) is 0 Å². The summed E-state index contributed by atoms with van der Waals surface area (Å²) in [4.78, 5) is 0. The highest BCUT2D eigenvalue weighted by molar-refractivity contribution is 7.98. The Hall–Kier alpha value is -0.870. The highest BCUT2D eigenvalue weighted by Crippen LogP contribution is 2.30. The molecule has 1 aromatic rings. The fraction of sp³-hybridized carbons (Fsp3) is 0.500. The third-order valence-electron chi connectivity index (χ3n) is 2.26. The van der Waals surface area contributed by atoms with Gasteiger partial charge in [-0.15, -0.1) is 0 Å². The van der Waals surface area contributed by atoms with Crippen LogP contribution in [0.3, 0.4) is 0 Å². The van der Waals surface area contributed by atoms with Gasteiger partial charge in [0, 0.05) is 11.8 Å². The van der Waals surface area contributed by atoms with Gasteiger partial charge in [-0.2, -0.15) is 11.8 Å². The minimum absolute atomic E-state index is 0.0418. The molecule has 0 aliphatic heterocycles. The number of hydrogen-bond acceptors (Lipinski definition) is 4. The SMILES string of the molecule is CCOc1cc([C@H](N)CSC)ccc1OC. The van der Waals surface area contributed by atoms with Gasteiger partial charge in [0.1, 0.15) is 0 Å². The van der Waals surface area contributed by atoms with Crippen molar-refractivity contribution >= 4 is 11.8 Å². The lowest BCUT2D eigenvalue weighted by molar-refractivity contribution is 0.310. The van der Waals surface area contributed by atoms with Crippen molar-refractivity contribution in [1.29, 1.82) is 0 Å². The largest absolute Gasteiger partial charge is 0.493 e. The Balaban J connectivity index is 2.91. The maximum atomic E-state index is 6.04. The van der Waals surface area contributed by atoms with Crippen molar-refractivity contribution in [2.45, 2.75) is 13.0 Å². The Morgan fingerprint density at radius 3 is 2.69 bits per heavy atom. The molecular formula is C12H19NO2S. The summed E-state index contributed by atoms with van der Waals surface area (Å²) in [7, 11) is 1.64. The van der Waals surface area contributed by atoms with Crippen LogP contribution < -0.4 is 15.2 Å². The summed E-state index contributed by atoms with van der Waals surface area (Å²) in [6, 6.07) is 5.89. The minimum Gasteiger partial charge on any atom is -0.493 e. The van der Waals surface area contributed by atoms with Gasteiger partial charge < -0.3 is 15.2 Å². The van der Waals surface area contributed by atoms with Crippen LogP contribution in [-0.2, 0) is 0 Å². The molecule has 0 unspecified atom stereocenters. The highest BCUT2D eigenvalue weighted by Gasteiger charge is 2.10. The van der Waals surface area contributed by atoms with Crippen LogP contribution in [0.15, 0.2) is 18.2 Å². The zero-order chi connectivity index (χ0) is 12.0. The zero-order valence-electron chi connectivity index (χ0n) is 10.0. The van der Waals surface area contributed by atoms with Gasteiger partial charge in [0.2, 0.25) is 0 Å². The standard InChI is InChI=1S/C12H19NO2S/c1-4-15-12-7-9(10(13)8-16-3)5-6-11(12)14-2/h5-7,10H,4,8,13H2,1-3H3/t10-/m1/s1.